The second kappa shape index (κ2) is 6.42. The Labute approximate surface area is 147 Å². The average molecular weight is 388 g/mol. The number of nitrogens with two attached hydrogens (primary N) is 1. The van der Waals surface area contributed by atoms with Crippen molar-refractivity contribution in [1.82, 2.24) is 4.98 Å². The van der Waals surface area contributed by atoms with Crippen molar-refractivity contribution < 1.29 is 24.7 Å². The number of carbonyl (C=O) groups is 2. The smallest absolute Gasteiger partial charge is 0.342 e. The maximum atomic E-state index is 11.9. The fourth-order valence-electron chi connectivity index (χ4n) is 2.20. The van der Waals surface area contributed by atoms with Crippen LogP contribution in [0.3, 0.4) is 0 Å². The number of rotatable bonds is 4. The Morgan fingerprint density at radius 3 is 1.96 bits per heavy atom. The predicted octanol–water partition coefficient (Wildman–Crippen LogP) is 2.24. The zero-order valence-electron chi connectivity index (χ0n) is 11.9. The van der Waals surface area contributed by atoms with E-state index >= 15 is 0 Å². The standard InChI is InChI=1S/C13H7Cl2N3O7/c14-4-1-3(18(24)25)2-5(15)6(4)7-8(12(20)21)10(16)17-11(19)9(7)13(22)23/h1-2H,(H,20,21)(H,22,23)(H3,16,17,19). The molecule has 1 aromatic heterocycles. The van der Waals surface area contributed by atoms with Crippen LogP contribution in [0.15, 0.2) is 16.9 Å². The highest BCUT2D eigenvalue weighted by Gasteiger charge is 2.30. The second-order valence-electron chi connectivity index (χ2n) is 4.64. The van der Waals surface area contributed by atoms with Gasteiger partial charge in [0.25, 0.3) is 11.2 Å². The van der Waals surface area contributed by atoms with Crippen LogP contribution >= 0.6 is 23.2 Å². The fourth-order valence-corrected chi connectivity index (χ4v) is 2.87. The fraction of sp³-hybridized carbons (Fsp3) is 0. The Morgan fingerprint density at radius 2 is 1.56 bits per heavy atom. The Kier molecular flexibility index (Phi) is 4.68. The number of halogens is 2. The first kappa shape index (κ1) is 18.2. The summed E-state index contributed by atoms with van der Waals surface area (Å²) < 4.78 is 0. The van der Waals surface area contributed by atoms with E-state index in [1.807, 2.05) is 4.98 Å². The lowest BCUT2D eigenvalue weighted by Gasteiger charge is -2.14. The van der Waals surface area contributed by atoms with Crippen LogP contribution in [0.25, 0.3) is 11.1 Å². The van der Waals surface area contributed by atoms with Gasteiger partial charge in [-0.1, -0.05) is 23.2 Å². The number of aromatic carboxylic acids is 2. The van der Waals surface area contributed by atoms with Crippen molar-refractivity contribution >= 4 is 46.6 Å². The van der Waals surface area contributed by atoms with Gasteiger partial charge in [0.15, 0.2) is 0 Å². The molecule has 0 aliphatic rings. The summed E-state index contributed by atoms with van der Waals surface area (Å²) in [5.74, 6) is -4.04. The van der Waals surface area contributed by atoms with Gasteiger partial charge in [0.2, 0.25) is 0 Å². The van der Waals surface area contributed by atoms with E-state index in [1.54, 1.807) is 0 Å². The number of nitrogen functional groups attached to an aromatic ring is 1. The van der Waals surface area contributed by atoms with Crippen LogP contribution in [0, 0.1) is 10.1 Å². The monoisotopic (exact) mass is 387 g/mol. The molecule has 10 nitrogen and oxygen atoms in total. The second-order valence-corrected chi connectivity index (χ2v) is 5.46. The Balaban J connectivity index is 3.06. The molecule has 0 fully saturated rings. The van der Waals surface area contributed by atoms with Crippen LogP contribution in [0.1, 0.15) is 20.7 Å². The lowest BCUT2D eigenvalue weighted by atomic mass is 9.95. The molecule has 12 heteroatoms. The molecule has 0 aliphatic heterocycles. The number of aromatic amines is 1. The Bertz CT molecular complexity index is 977. The molecule has 5 N–H and O–H groups in total. The van der Waals surface area contributed by atoms with Gasteiger partial charge in [0.1, 0.15) is 16.9 Å². The van der Waals surface area contributed by atoms with Gasteiger partial charge in [-0.15, -0.1) is 0 Å². The molecule has 0 unspecified atom stereocenters. The molecule has 1 aromatic carbocycles. The molecule has 0 amide bonds. The molecule has 0 saturated carbocycles. The first-order valence-corrected chi connectivity index (χ1v) is 6.98. The molecule has 2 aromatic rings. The highest BCUT2D eigenvalue weighted by molar-refractivity contribution is 6.40. The highest BCUT2D eigenvalue weighted by Crippen LogP contribution is 2.41. The van der Waals surface area contributed by atoms with Crippen LogP contribution in [0.2, 0.25) is 10.0 Å². The summed E-state index contributed by atoms with van der Waals surface area (Å²) in [6, 6.07) is 1.69. The molecule has 0 bridgehead atoms. The zero-order valence-corrected chi connectivity index (χ0v) is 13.4. The highest BCUT2D eigenvalue weighted by atomic mass is 35.5. The minimum atomic E-state index is -1.76. The van der Waals surface area contributed by atoms with Crippen molar-refractivity contribution in [3.05, 3.63) is 53.8 Å². The number of aromatic nitrogens is 1. The lowest BCUT2D eigenvalue weighted by Crippen LogP contribution is -2.24. The van der Waals surface area contributed by atoms with Crippen molar-refractivity contribution in [2.24, 2.45) is 0 Å². The molecule has 0 radical (unpaired) electrons. The number of carboxylic acid groups (broad SMARTS) is 2. The van der Waals surface area contributed by atoms with Gasteiger partial charge in [0.05, 0.1) is 15.0 Å². The van der Waals surface area contributed by atoms with E-state index in [0.29, 0.717) is 0 Å². The van der Waals surface area contributed by atoms with Crippen LogP contribution in [0.5, 0.6) is 0 Å². The van der Waals surface area contributed by atoms with E-state index in [0.717, 1.165) is 12.1 Å². The molecule has 2 rings (SSSR count). The van der Waals surface area contributed by atoms with E-state index in [2.05, 4.69) is 0 Å². The molecular formula is C13H7Cl2N3O7. The van der Waals surface area contributed by atoms with Gasteiger partial charge >= 0.3 is 11.9 Å². The van der Waals surface area contributed by atoms with Crippen LogP contribution in [-0.4, -0.2) is 32.1 Å². The normalized spacial score (nSPS) is 10.5. The zero-order chi connectivity index (χ0) is 19.0. The van der Waals surface area contributed by atoms with Crippen molar-refractivity contribution in [1.29, 1.82) is 0 Å². The van der Waals surface area contributed by atoms with Crippen LogP contribution in [0.4, 0.5) is 11.5 Å². The molecular weight excluding hydrogens is 381 g/mol. The van der Waals surface area contributed by atoms with Crippen molar-refractivity contribution in [2.75, 3.05) is 5.73 Å². The summed E-state index contributed by atoms with van der Waals surface area (Å²) >= 11 is 11.9. The number of nitro groups is 1. The molecule has 0 aliphatic carbocycles. The number of nitrogens with one attached hydrogen (secondary N) is 1. The lowest BCUT2D eigenvalue weighted by molar-refractivity contribution is -0.384. The van der Waals surface area contributed by atoms with Gasteiger partial charge in [0, 0.05) is 23.3 Å². The maximum Gasteiger partial charge on any atom is 0.342 e. The number of nitrogens with zero attached hydrogens (tertiary/aromatic N) is 1. The van der Waals surface area contributed by atoms with E-state index in [4.69, 9.17) is 28.9 Å². The number of benzene rings is 1. The van der Waals surface area contributed by atoms with Gasteiger partial charge in [-0.2, -0.15) is 0 Å². The van der Waals surface area contributed by atoms with E-state index in [-0.39, 0.29) is 5.56 Å². The van der Waals surface area contributed by atoms with Crippen molar-refractivity contribution in [3.63, 3.8) is 0 Å². The SMILES string of the molecule is Nc1[nH]c(=O)c(C(=O)O)c(-c2c(Cl)cc([N+](=O)[O-])cc2Cl)c1C(=O)O. The molecule has 0 atom stereocenters. The van der Waals surface area contributed by atoms with E-state index in [9.17, 15) is 34.7 Å². The number of anilines is 1. The minimum Gasteiger partial charge on any atom is -0.478 e. The summed E-state index contributed by atoms with van der Waals surface area (Å²) in [5, 5.41) is 28.6. The average Bonchev–Trinajstić information content (AvgIpc) is 2.44. The molecule has 130 valence electrons. The number of hydrogen-bond acceptors (Lipinski definition) is 6. The van der Waals surface area contributed by atoms with Crippen molar-refractivity contribution in [2.45, 2.75) is 0 Å². The number of carboxylic acids is 2. The van der Waals surface area contributed by atoms with Gasteiger partial charge in [-0.05, 0) is 0 Å². The van der Waals surface area contributed by atoms with Crippen LogP contribution in [-0.2, 0) is 0 Å². The molecule has 1 heterocycles. The number of nitro benzene ring substituents is 1. The third-order valence-corrected chi connectivity index (χ3v) is 3.76. The van der Waals surface area contributed by atoms with E-state index < -0.39 is 60.7 Å². The Hall–Kier alpha value is -3.11. The third-order valence-electron chi connectivity index (χ3n) is 3.16. The molecule has 0 spiro atoms. The van der Waals surface area contributed by atoms with Gasteiger partial charge < -0.3 is 20.9 Å². The minimum absolute atomic E-state index is 0.374. The topological polar surface area (TPSA) is 177 Å². The Morgan fingerprint density at radius 1 is 1.08 bits per heavy atom. The number of hydrogen-bond donors (Lipinski definition) is 4. The first-order valence-electron chi connectivity index (χ1n) is 6.22. The summed E-state index contributed by atoms with van der Waals surface area (Å²) in [4.78, 5) is 46.9. The summed E-state index contributed by atoms with van der Waals surface area (Å²) in [7, 11) is 0. The summed E-state index contributed by atoms with van der Waals surface area (Å²) in [6.45, 7) is 0. The van der Waals surface area contributed by atoms with E-state index in [1.165, 1.54) is 0 Å². The quantitative estimate of drug-likeness (QED) is 0.455. The first-order chi connectivity index (χ1) is 11.6. The third kappa shape index (κ3) is 3.12. The number of H-pyrrole nitrogens is 1. The van der Waals surface area contributed by atoms with Gasteiger partial charge in [-0.3, -0.25) is 14.9 Å². The molecule has 0 saturated heterocycles. The summed E-state index contributed by atoms with van der Waals surface area (Å²) in [5.41, 5.74) is 1.05. The predicted molar refractivity (Wildman–Crippen MR) is 87.5 cm³/mol. The molecule has 25 heavy (non-hydrogen) atoms. The summed E-state index contributed by atoms with van der Waals surface area (Å²) in [6.07, 6.45) is 0. The van der Waals surface area contributed by atoms with Crippen LogP contribution < -0.4 is 11.3 Å². The maximum absolute atomic E-state index is 11.9. The number of pyridine rings is 1. The van der Waals surface area contributed by atoms with Crippen molar-refractivity contribution in [3.8, 4) is 11.1 Å². The van der Waals surface area contributed by atoms with Gasteiger partial charge in [-0.25, -0.2) is 9.59 Å². The number of non-ortho nitro benzene ring substituents is 1. The largest absolute Gasteiger partial charge is 0.478 e.